The summed E-state index contributed by atoms with van der Waals surface area (Å²) >= 11 is 5.84. The highest BCUT2D eigenvalue weighted by atomic mass is 35.5. The number of ether oxygens (including phenoxy) is 1. The summed E-state index contributed by atoms with van der Waals surface area (Å²) in [7, 11) is 1.50. The molecule has 2 aromatic carbocycles. The van der Waals surface area contributed by atoms with Crippen molar-refractivity contribution in [2.75, 3.05) is 12.4 Å². The molecule has 0 fully saturated rings. The highest BCUT2D eigenvalue weighted by Gasteiger charge is 2.12. The van der Waals surface area contributed by atoms with Crippen LogP contribution in [0.3, 0.4) is 0 Å². The average molecular weight is 403 g/mol. The minimum absolute atomic E-state index is 0.180. The predicted octanol–water partition coefficient (Wildman–Crippen LogP) is 3.21. The third-order valence-corrected chi connectivity index (χ3v) is 4.07. The Morgan fingerprint density at radius 3 is 2.68 bits per heavy atom. The molecular weight excluding hydrogens is 380 g/mol. The van der Waals surface area contributed by atoms with Gasteiger partial charge in [0, 0.05) is 35.6 Å². The molecule has 2 rings (SSSR count). The Hall–Kier alpha value is -3.07. The Morgan fingerprint density at radius 2 is 2.00 bits per heavy atom. The van der Waals surface area contributed by atoms with Crippen molar-refractivity contribution in [2.24, 2.45) is 16.6 Å². The van der Waals surface area contributed by atoms with Crippen molar-refractivity contribution in [2.45, 2.75) is 13.5 Å². The van der Waals surface area contributed by atoms with E-state index in [-0.39, 0.29) is 12.5 Å². The Balaban J connectivity index is 2.02. The first-order chi connectivity index (χ1) is 13.4. The predicted molar refractivity (Wildman–Crippen MR) is 112 cm³/mol. The minimum Gasteiger partial charge on any atom is -0.474 e. The first-order valence-electron chi connectivity index (χ1n) is 8.38. The molecule has 0 heterocycles. The summed E-state index contributed by atoms with van der Waals surface area (Å²) in [6.07, 6.45) is 3.10. The van der Waals surface area contributed by atoms with Gasteiger partial charge in [-0.3, -0.25) is 10.8 Å². The number of halogens is 1. The van der Waals surface area contributed by atoms with Crippen molar-refractivity contribution in [3.8, 4) is 0 Å². The summed E-state index contributed by atoms with van der Waals surface area (Å²) in [5.41, 5.74) is 11.2. The smallest absolute Gasteiger partial charge is 0.337 e. The molecule has 6 N–H and O–H groups in total. The minimum atomic E-state index is -0.409. The third kappa shape index (κ3) is 6.27. The average Bonchev–Trinajstić information content (AvgIpc) is 2.68. The molecule has 2 aromatic rings. The number of nitrogens with one attached hydrogen (secondary N) is 2. The SMILES string of the molecule is Cc1cccc(NC(=O)N(C)NN)c1COC(N)=CC=Nc1ccc(Cl)cc1. The molecule has 2 amide bonds. The molecule has 0 bridgehead atoms. The molecule has 0 saturated heterocycles. The molecule has 148 valence electrons. The number of nitrogens with zero attached hydrogens (tertiary/aromatic N) is 2. The van der Waals surface area contributed by atoms with Crippen LogP contribution >= 0.6 is 11.6 Å². The van der Waals surface area contributed by atoms with Crippen LogP contribution in [0.15, 0.2) is 59.4 Å². The van der Waals surface area contributed by atoms with Gasteiger partial charge in [0.25, 0.3) is 0 Å². The van der Waals surface area contributed by atoms with Gasteiger partial charge in [0.05, 0.1) is 5.69 Å². The van der Waals surface area contributed by atoms with E-state index in [1.165, 1.54) is 7.05 Å². The van der Waals surface area contributed by atoms with E-state index in [0.29, 0.717) is 10.7 Å². The maximum Gasteiger partial charge on any atom is 0.337 e. The fourth-order valence-electron chi connectivity index (χ4n) is 2.20. The van der Waals surface area contributed by atoms with E-state index in [9.17, 15) is 4.79 Å². The lowest BCUT2D eigenvalue weighted by Crippen LogP contribution is -2.46. The molecule has 9 heteroatoms. The zero-order chi connectivity index (χ0) is 20.5. The fraction of sp³-hybridized carbons (Fsp3) is 0.158. The number of allylic oxidation sites excluding steroid dienone is 1. The standard InChI is InChI=1S/C19H23ClN6O2/c1-13-4-3-5-17(24-19(27)26(2)25-22)16(13)12-28-18(21)10-11-23-15-8-6-14(20)7-9-15/h3-11,25H,12,21-22H2,1-2H3,(H,24,27). The van der Waals surface area contributed by atoms with E-state index in [2.05, 4.69) is 15.8 Å². The zero-order valence-corrected chi connectivity index (χ0v) is 16.4. The first kappa shape index (κ1) is 21.2. The van der Waals surface area contributed by atoms with Crippen molar-refractivity contribution in [3.63, 3.8) is 0 Å². The highest BCUT2D eigenvalue weighted by Crippen LogP contribution is 2.21. The Bertz CT molecular complexity index is 867. The molecule has 0 spiro atoms. The molecule has 0 aliphatic heterocycles. The first-order valence-corrected chi connectivity index (χ1v) is 8.76. The number of carbonyl (C=O) groups is 1. The van der Waals surface area contributed by atoms with Crippen molar-refractivity contribution < 1.29 is 9.53 Å². The van der Waals surface area contributed by atoms with Gasteiger partial charge in [0.1, 0.15) is 6.61 Å². The van der Waals surface area contributed by atoms with Crippen LogP contribution in [0.25, 0.3) is 0 Å². The van der Waals surface area contributed by atoms with Crippen molar-refractivity contribution >= 4 is 35.2 Å². The van der Waals surface area contributed by atoms with Crippen LogP contribution < -0.4 is 22.4 Å². The summed E-state index contributed by atoms with van der Waals surface area (Å²) < 4.78 is 5.60. The van der Waals surface area contributed by atoms with Crippen molar-refractivity contribution in [1.82, 2.24) is 10.5 Å². The number of rotatable bonds is 7. The molecule has 0 aliphatic rings. The summed E-state index contributed by atoms with van der Waals surface area (Å²) in [5.74, 6) is 5.43. The third-order valence-electron chi connectivity index (χ3n) is 3.82. The van der Waals surface area contributed by atoms with Gasteiger partial charge >= 0.3 is 6.03 Å². The number of benzene rings is 2. The van der Waals surface area contributed by atoms with Gasteiger partial charge in [-0.05, 0) is 42.8 Å². The second kappa shape index (κ2) is 10.3. The van der Waals surface area contributed by atoms with Crippen LogP contribution in [-0.2, 0) is 11.3 Å². The summed E-state index contributed by atoms with van der Waals surface area (Å²) in [5, 5.41) is 4.53. The molecular formula is C19H23ClN6O2. The Kier molecular flexibility index (Phi) is 7.82. The van der Waals surface area contributed by atoms with Crippen LogP contribution in [-0.4, -0.2) is 24.3 Å². The van der Waals surface area contributed by atoms with Crippen molar-refractivity contribution in [3.05, 3.63) is 70.6 Å². The number of hydrogen-bond acceptors (Lipinski definition) is 6. The van der Waals surface area contributed by atoms with Gasteiger partial charge in [0.15, 0.2) is 5.88 Å². The molecule has 0 aliphatic carbocycles. The van der Waals surface area contributed by atoms with Crippen molar-refractivity contribution in [1.29, 1.82) is 0 Å². The van der Waals surface area contributed by atoms with Crippen LogP contribution in [0.4, 0.5) is 16.2 Å². The second-order valence-corrected chi connectivity index (χ2v) is 6.27. The Morgan fingerprint density at radius 1 is 1.29 bits per heavy atom. The number of amides is 2. The number of urea groups is 1. The van der Waals surface area contributed by atoms with Gasteiger partial charge < -0.3 is 15.8 Å². The molecule has 8 nitrogen and oxygen atoms in total. The van der Waals surface area contributed by atoms with Gasteiger partial charge in [-0.25, -0.2) is 9.80 Å². The topological polar surface area (TPSA) is 118 Å². The summed E-state index contributed by atoms with van der Waals surface area (Å²) in [6.45, 7) is 2.10. The van der Waals surface area contributed by atoms with Crippen LogP contribution in [0, 0.1) is 6.92 Å². The van der Waals surface area contributed by atoms with E-state index in [0.717, 1.165) is 21.8 Å². The number of carbonyl (C=O) groups excluding carboxylic acids is 1. The van der Waals surface area contributed by atoms with E-state index in [1.807, 2.05) is 19.1 Å². The maximum atomic E-state index is 12.0. The molecule has 28 heavy (non-hydrogen) atoms. The van der Waals surface area contributed by atoms with Crippen LogP contribution in [0.2, 0.25) is 5.02 Å². The van der Waals surface area contributed by atoms with Crippen LogP contribution in [0.1, 0.15) is 11.1 Å². The highest BCUT2D eigenvalue weighted by molar-refractivity contribution is 6.30. The monoisotopic (exact) mass is 402 g/mol. The molecule has 0 aromatic heterocycles. The Labute approximate surface area is 168 Å². The number of hydrogen-bond donors (Lipinski definition) is 4. The lowest BCUT2D eigenvalue weighted by molar-refractivity contribution is 0.195. The zero-order valence-electron chi connectivity index (χ0n) is 15.6. The normalized spacial score (nSPS) is 11.5. The van der Waals surface area contributed by atoms with E-state index < -0.39 is 6.03 Å². The van der Waals surface area contributed by atoms with Gasteiger partial charge in [-0.2, -0.15) is 5.53 Å². The number of nitrogens with two attached hydrogens (primary N) is 2. The summed E-state index contributed by atoms with van der Waals surface area (Å²) in [6, 6.07) is 12.2. The molecule has 0 unspecified atom stereocenters. The lowest BCUT2D eigenvalue weighted by Gasteiger charge is -2.18. The maximum absolute atomic E-state index is 12.0. The number of aryl methyl sites for hydroxylation is 1. The fourth-order valence-corrected chi connectivity index (χ4v) is 2.32. The van der Waals surface area contributed by atoms with E-state index >= 15 is 0 Å². The second-order valence-electron chi connectivity index (χ2n) is 5.83. The summed E-state index contributed by atoms with van der Waals surface area (Å²) in [4.78, 5) is 16.3. The number of hydrazine groups is 2. The number of aliphatic imine (C=N–C) groups is 1. The molecule has 0 atom stereocenters. The van der Waals surface area contributed by atoms with Gasteiger partial charge in [-0.1, -0.05) is 23.7 Å². The molecule has 0 radical (unpaired) electrons. The van der Waals surface area contributed by atoms with E-state index in [4.69, 9.17) is 27.9 Å². The quantitative estimate of drug-likeness (QED) is 0.245. The van der Waals surface area contributed by atoms with Crippen LogP contribution in [0.5, 0.6) is 0 Å². The van der Waals surface area contributed by atoms with Gasteiger partial charge in [0.2, 0.25) is 0 Å². The van der Waals surface area contributed by atoms with Gasteiger partial charge in [-0.15, -0.1) is 0 Å². The molecule has 0 saturated carbocycles. The largest absolute Gasteiger partial charge is 0.474 e. The van der Waals surface area contributed by atoms with E-state index in [1.54, 1.807) is 42.6 Å². The lowest BCUT2D eigenvalue weighted by atomic mass is 10.1. The number of anilines is 1.